The Morgan fingerprint density at radius 1 is 1.12 bits per heavy atom. The number of rotatable bonds is 2. The highest BCUT2D eigenvalue weighted by molar-refractivity contribution is 6.16. The number of aliphatic imine (C=N–C) groups is 1. The van der Waals surface area contributed by atoms with Gasteiger partial charge in [0.1, 0.15) is 11.6 Å². The molecule has 2 aliphatic rings. The number of carbonyl (C=O) groups is 1. The van der Waals surface area contributed by atoms with Gasteiger partial charge in [0.05, 0.1) is 5.57 Å². The van der Waals surface area contributed by atoms with Crippen molar-refractivity contribution < 1.29 is 9.53 Å². The van der Waals surface area contributed by atoms with Crippen LogP contribution in [0.5, 0.6) is 5.75 Å². The van der Waals surface area contributed by atoms with Crippen molar-refractivity contribution in [3.63, 3.8) is 0 Å². The number of hydrogen-bond acceptors (Lipinski definition) is 3. The van der Waals surface area contributed by atoms with E-state index in [1.54, 1.807) is 0 Å². The number of amides is 1. The molecule has 1 unspecified atom stereocenters. The van der Waals surface area contributed by atoms with Gasteiger partial charge in [-0.2, -0.15) is 0 Å². The molecule has 2 aromatic carbocycles. The first-order valence-electron chi connectivity index (χ1n) is 8.08. The van der Waals surface area contributed by atoms with Crippen molar-refractivity contribution in [2.24, 2.45) is 4.99 Å². The first-order chi connectivity index (χ1) is 11.6. The molecule has 0 aromatic heterocycles. The third-order valence-corrected chi connectivity index (χ3v) is 4.30. The lowest BCUT2D eigenvalue weighted by Gasteiger charge is -2.28. The second-order valence-corrected chi connectivity index (χ2v) is 6.32. The normalized spacial score (nSPS) is 18.8. The molecule has 0 aliphatic carbocycles. The van der Waals surface area contributed by atoms with Crippen LogP contribution in [0.1, 0.15) is 36.5 Å². The molecule has 0 spiro atoms. The standard InChI is InChI=1S/C20H18N2O2/c1-12(2)14-8-9-17-15(10-14)11-16-19(23)21-18(22-20(16)24-17)13-6-4-3-5-7-13/h3-12,20H,1-2H3,(H,21,22,23). The van der Waals surface area contributed by atoms with Crippen LogP contribution in [0.25, 0.3) is 6.08 Å². The molecule has 120 valence electrons. The molecule has 0 fully saturated rings. The Morgan fingerprint density at radius 2 is 1.92 bits per heavy atom. The number of nitrogens with one attached hydrogen (secondary N) is 1. The van der Waals surface area contributed by atoms with Gasteiger partial charge in [-0.05, 0) is 29.7 Å². The lowest BCUT2D eigenvalue weighted by molar-refractivity contribution is -0.117. The van der Waals surface area contributed by atoms with Crippen LogP contribution < -0.4 is 10.1 Å². The smallest absolute Gasteiger partial charge is 0.258 e. The van der Waals surface area contributed by atoms with E-state index in [2.05, 4.69) is 36.3 Å². The molecule has 24 heavy (non-hydrogen) atoms. The Morgan fingerprint density at radius 3 is 2.67 bits per heavy atom. The van der Waals surface area contributed by atoms with Crippen LogP contribution in [-0.4, -0.2) is 18.0 Å². The van der Waals surface area contributed by atoms with Crippen LogP contribution in [0.3, 0.4) is 0 Å². The number of ether oxygens (including phenoxy) is 1. The van der Waals surface area contributed by atoms with Crippen molar-refractivity contribution in [3.05, 3.63) is 70.8 Å². The SMILES string of the molecule is CC(C)c1ccc2c(c1)C=C1C(=O)NC(c3ccccc3)=NC1O2. The highest BCUT2D eigenvalue weighted by atomic mass is 16.5. The number of amidine groups is 1. The summed E-state index contributed by atoms with van der Waals surface area (Å²) in [5.74, 6) is 1.58. The molecular weight excluding hydrogens is 300 g/mol. The number of hydrogen-bond donors (Lipinski definition) is 1. The Bertz CT molecular complexity index is 866. The van der Waals surface area contributed by atoms with Crippen LogP contribution in [0.4, 0.5) is 0 Å². The molecule has 2 aliphatic heterocycles. The van der Waals surface area contributed by atoms with Crippen LogP contribution >= 0.6 is 0 Å². The van der Waals surface area contributed by atoms with E-state index in [4.69, 9.17) is 4.74 Å². The maximum absolute atomic E-state index is 12.5. The second kappa shape index (κ2) is 5.64. The monoisotopic (exact) mass is 318 g/mol. The Balaban J connectivity index is 1.73. The lowest BCUT2D eigenvalue weighted by atomic mass is 9.97. The molecule has 1 atom stereocenters. The minimum atomic E-state index is -0.591. The van der Waals surface area contributed by atoms with Gasteiger partial charge in [0, 0.05) is 11.1 Å². The minimum Gasteiger partial charge on any atom is -0.464 e. The van der Waals surface area contributed by atoms with Crippen LogP contribution in [0.2, 0.25) is 0 Å². The van der Waals surface area contributed by atoms with Gasteiger partial charge in [-0.1, -0.05) is 50.2 Å². The number of benzene rings is 2. The van der Waals surface area contributed by atoms with Crippen molar-refractivity contribution >= 4 is 17.8 Å². The molecule has 4 nitrogen and oxygen atoms in total. The largest absolute Gasteiger partial charge is 0.464 e. The summed E-state index contributed by atoms with van der Waals surface area (Å²) < 4.78 is 5.98. The summed E-state index contributed by atoms with van der Waals surface area (Å²) in [5, 5.41) is 2.86. The van der Waals surface area contributed by atoms with Crippen molar-refractivity contribution in [2.75, 3.05) is 0 Å². The maximum atomic E-state index is 12.5. The van der Waals surface area contributed by atoms with E-state index in [1.165, 1.54) is 5.56 Å². The quantitative estimate of drug-likeness (QED) is 0.921. The highest BCUT2D eigenvalue weighted by Gasteiger charge is 2.32. The molecule has 0 saturated heterocycles. The van der Waals surface area contributed by atoms with E-state index < -0.39 is 6.23 Å². The van der Waals surface area contributed by atoms with E-state index in [0.717, 1.165) is 16.9 Å². The zero-order valence-corrected chi connectivity index (χ0v) is 13.6. The summed E-state index contributed by atoms with van der Waals surface area (Å²) in [4.78, 5) is 17.1. The summed E-state index contributed by atoms with van der Waals surface area (Å²) in [6.07, 6.45) is 1.29. The van der Waals surface area contributed by atoms with E-state index in [-0.39, 0.29) is 5.91 Å². The highest BCUT2D eigenvalue weighted by Crippen LogP contribution is 2.33. The third kappa shape index (κ3) is 2.50. The third-order valence-electron chi connectivity index (χ3n) is 4.30. The average Bonchev–Trinajstić information content (AvgIpc) is 2.60. The molecule has 0 bridgehead atoms. The summed E-state index contributed by atoms with van der Waals surface area (Å²) in [5.41, 5.74) is 3.57. The molecular formula is C20H18N2O2. The zero-order valence-electron chi connectivity index (χ0n) is 13.6. The molecule has 4 rings (SSSR count). The fourth-order valence-electron chi connectivity index (χ4n) is 2.91. The summed E-state index contributed by atoms with van der Waals surface area (Å²) >= 11 is 0. The second-order valence-electron chi connectivity index (χ2n) is 6.32. The van der Waals surface area contributed by atoms with Gasteiger partial charge >= 0.3 is 0 Å². The molecule has 4 heteroatoms. The summed E-state index contributed by atoms with van der Waals surface area (Å²) in [6.45, 7) is 4.29. The predicted molar refractivity (Wildman–Crippen MR) is 94.0 cm³/mol. The number of fused-ring (bicyclic) bond motifs is 2. The van der Waals surface area contributed by atoms with Crippen molar-refractivity contribution in [3.8, 4) is 5.75 Å². The molecule has 0 radical (unpaired) electrons. The topological polar surface area (TPSA) is 50.7 Å². The Hall–Kier alpha value is -2.88. The predicted octanol–water partition coefficient (Wildman–Crippen LogP) is 3.49. The van der Waals surface area contributed by atoms with Crippen molar-refractivity contribution in [1.82, 2.24) is 5.32 Å². The van der Waals surface area contributed by atoms with Crippen LogP contribution in [-0.2, 0) is 4.79 Å². The van der Waals surface area contributed by atoms with E-state index in [1.807, 2.05) is 42.5 Å². The number of carbonyl (C=O) groups excluding carboxylic acids is 1. The lowest BCUT2D eigenvalue weighted by Crippen LogP contribution is -2.43. The zero-order chi connectivity index (χ0) is 16.7. The first-order valence-corrected chi connectivity index (χ1v) is 8.08. The van der Waals surface area contributed by atoms with Gasteiger partial charge in [0.15, 0.2) is 0 Å². The maximum Gasteiger partial charge on any atom is 0.258 e. The van der Waals surface area contributed by atoms with Gasteiger partial charge < -0.3 is 10.1 Å². The molecule has 2 aromatic rings. The van der Waals surface area contributed by atoms with E-state index in [9.17, 15) is 4.79 Å². The van der Waals surface area contributed by atoms with Gasteiger partial charge in [0.2, 0.25) is 6.23 Å². The minimum absolute atomic E-state index is 0.158. The van der Waals surface area contributed by atoms with E-state index >= 15 is 0 Å². The average molecular weight is 318 g/mol. The van der Waals surface area contributed by atoms with Gasteiger partial charge in [-0.15, -0.1) is 0 Å². The van der Waals surface area contributed by atoms with Gasteiger partial charge in [-0.3, -0.25) is 4.79 Å². The number of nitrogens with zero attached hydrogens (tertiary/aromatic N) is 1. The van der Waals surface area contributed by atoms with Crippen LogP contribution in [0, 0.1) is 0 Å². The van der Waals surface area contributed by atoms with Crippen molar-refractivity contribution in [2.45, 2.75) is 26.0 Å². The van der Waals surface area contributed by atoms with Gasteiger partial charge in [0.25, 0.3) is 5.91 Å². The first kappa shape index (κ1) is 14.7. The molecule has 1 N–H and O–H groups in total. The Labute approximate surface area is 140 Å². The Kier molecular flexibility index (Phi) is 3.45. The van der Waals surface area contributed by atoms with Crippen molar-refractivity contribution in [1.29, 1.82) is 0 Å². The molecule has 0 saturated carbocycles. The van der Waals surface area contributed by atoms with Gasteiger partial charge in [-0.25, -0.2) is 4.99 Å². The summed E-state index contributed by atoms with van der Waals surface area (Å²) in [6, 6.07) is 15.7. The summed E-state index contributed by atoms with van der Waals surface area (Å²) in [7, 11) is 0. The molecule has 2 heterocycles. The fraction of sp³-hybridized carbons (Fsp3) is 0.200. The molecule has 1 amide bonds. The van der Waals surface area contributed by atoms with E-state index in [0.29, 0.717) is 17.3 Å². The fourth-order valence-corrected chi connectivity index (χ4v) is 2.91. The van der Waals surface area contributed by atoms with Crippen LogP contribution in [0.15, 0.2) is 59.1 Å².